The van der Waals surface area contributed by atoms with E-state index in [4.69, 9.17) is 4.74 Å². The van der Waals surface area contributed by atoms with E-state index in [1.165, 1.54) is 24.6 Å². The molecule has 1 aromatic carbocycles. The van der Waals surface area contributed by atoms with E-state index < -0.39 is 11.2 Å². The summed E-state index contributed by atoms with van der Waals surface area (Å²) >= 11 is 0. The molecule has 1 aliphatic carbocycles. The van der Waals surface area contributed by atoms with Gasteiger partial charge in [-0.1, -0.05) is 19.3 Å². The van der Waals surface area contributed by atoms with Crippen molar-refractivity contribution in [2.75, 3.05) is 6.61 Å². The van der Waals surface area contributed by atoms with Crippen LogP contribution < -0.4 is 4.74 Å². The van der Waals surface area contributed by atoms with E-state index in [0.29, 0.717) is 37.9 Å². The van der Waals surface area contributed by atoms with E-state index >= 15 is 0 Å². The van der Waals surface area contributed by atoms with Gasteiger partial charge in [-0.25, -0.2) is 0 Å². The van der Waals surface area contributed by atoms with Crippen LogP contribution in [0.5, 0.6) is 5.75 Å². The second kappa shape index (κ2) is 10.8. The first kappa shape index (κ1) is 21.8. The number of carbonyl (C=O) groups is 2. The second-order valence-corrected chi connectivity index (χ2v) is 7.13. The maximum atomic E-state index is 12.5. The van der Waals surface area contributed by atoms with Gasteiger partial charge in [0.1, 0.15) is 12.0 Å². The second-order valence-electron chi connectivity index (χ2n) is 7.13. The molecule has 1 saturated carbocycles. The van der Waals surface area contributed by atoms with Crippen molar-refractivity contribution in [2.45, 2.75) is 70.6 Å². The van der Waals surface area contributed by atoms with E-state index in [1.807, 2.05) is 0 Å². The molecule has 1 aliphatic rings. The molecule has 28 heavy (non-hydrogen) atoms. The van der Waals surface area contributed by atoms with Gasteiger partial charge in [0.05, 0.1) is 23.2 Å². The smallest absolute Gasteiger partial charge is 0.283 e. The third kappa shape index (κ3) is 6.02. The summed E-state index contributed by atoms with van der Waals surface area (Å²) < 4.78 is 5.51. The van der Waals surface area contributed by atoms with Crippen molar-refractivity contribution < 1.29 is 24.4 Å². The van der Waals surface area contributed by atoms with Crippen molar-refractivity contribution in [1.82, 2.24) is 4.90 Å². The largest absolute Gasteiger partial charge is 0.493 e. The van der Waals surface area contributed by atoms with Crippen molar-refractivity contribution in [1.29, 1.82) is 0 Å². The van der Waals surface area contributed by atoms with Gasteiger partial charge in [0.15, 0.2) is 6.29 Å². The zero-order valence-electron chi connectivity index (χ0n) is 16.2. The lowest BCUT2D eigenvalue weighted by Gasteiger charge is -2.36. The molecular weight excluding hydrogens is 364 g/mol. The van der Waals surface area contributed by atoms with Gasteiger partial charge in [0, 0.05) is 12.5 Å². The van der Waals surface area contributed by atoms with Gasteiger partial charge < -0.3 is 14.7 Å². The Kier molecular flexibility index (Phi) is 8.38. The number of aliphatic hydroxyl groups is 1. The van der Waals surface area contributed by atoms with Gasteiger partial charge in [0.25, 0.3) is 5.69 Å². The Morgan fingerprint density at radius 3 is 2.68 bits per heavy atom. The van der Waals surface area contributed by atoms with Crippen LogP contribution in [0.3, 0.4) is 0 Å². The fraction of sp³-hybridized carbons (Fsp3) is 0.600. The highest BCUT2D eigenvalue weighted by Gasteiger charge is 2.27. The number of nitro benzene ring substituents is 1. The molecule has 1 fully saturated rings. The molecule has 0 heterocycles. The Labute approximate surface area is 164 Å². The molecule has 1 atom stereocenters. The molecular formula is C20H28N2O6. The van der Waals surface area contributed by atoms with Crippen LogP contribution in [0.15, 0.2) is 18.2 Å². The average Bonchev–Trinajstić information content (AvgIpc) is 2.68. The van der Waals surface area contributed by atoms with E-state index in [2.05, 4.69) is 0 Å². The van der Waals surface area contributed by atoms with Crippen LogP contribution in [0, 0.1) is 10.1 Å². The molecule has 1 aromatic rings. The molecule has 1 N–H and O–H groups in total. The molecule has 2 rings (SSSR count). The zero-order valence-corrected chi connectivity index (χ0v) is 16.2. The minimum absolute atomic E-state index is 0.00359. The average molecular weight is 392 g/mol. The molecule has 0 radical (unpaired) electrons. The van der Waals surface area contributed by atoms with Gasteiger partial charge in [0.2, 0.25) is 5.91 Å². The Hall–Kier alpha value is -2.48. The number of unbranched alkanes of at least 4 members (excludes halogenated alkanes) is 1. The fourth-order valence-corrected chi connectivity index (χ4v) is 3.64. The number of ether oxygens (including phenoxy) is 1. The SMILES string of the molecule is CC(O)N(C(=O)CCCCOc1ccc(C=O)c([N+](=O)[O-])c1)C1CCCCC1. The number of aldehydes is 1. The van der Waals surface area contributed by atoms with Crippen molar-refractivity contribution >= 4 is 17.9 Å². The summed E-state index contributed by atoms with van der Waals surface area (Å²) in [6.07, 6.45) is 6.42. The molecule has 1 unspecified atom stereocenters. The Balaban J connectivity index is 1.78. The minimum Gasteiger partial charge on any atom is -0.493 e. The summed E-state index contributed by atoms with van der Waals surface area (Å²) in [6, 6.07) is 4.22. The minimum atomic E-state index is -0.788. The topological polar surface area (TPSA) is 110 Å². The van der Waals surface area contributed by atoms with Crippen LogP contribution in [-0.4, -0.2) is 46.0 Å². The maximum absolute atomic E-state index is 12.5. The van der Waals surface area contributed by atoms with E-state index in [0.717, 1.165) is 25.7 Å². The number of carbonyl (C=O) groups excluding carboxylic acids is 2. The van der Waals surface area contributed by atoms with Crippen LogP contribution >= 0.6 is 0 Å². The third-order valence-electron chi connectivity index (χ3n) is 5.04. The Morgan fingerprint density at radius 1 is 1.36 bits per heavy atom. The number of nitro groups is 1. The van der Waals surface area contributed by atoms with E-state index in [-0.39, 0.29) is 23.2 Å². The van der Waals surface area contributed by atoms with Crippen LogP contribution in [0.25, 0.3) is 0 Å². The van der Waals surface area contributed by atoms with Crippen molar-refractivity contribution in [3.8, 4) is 5.75 Å². The molecule has 0 saturated heterocycles. The lowest BCUT2D eigenvalue weighted by atomic mass is 9.93. The summed E-state index contributed by atoms with van der Waals surface area (Å²) in [6.45, 7) is 1.94. The molecule has 154 valence electrons. The normalized spacial score (nSPS) is 15.6. The fourth-order valence-electron chi connectivity index (χ4n) is 3.64. The van der Waals surface area contributed by atoms with E-state index in [1.54, 1.807) is 11.8 Å². The lowest BCUT2D eigenvalue weighted by Crippen LogP contribution is -2.46. The first-order valence-electron chi connectivity index (χ1n) is 9.79. The Morgan fingerprint density at radius 2 is 2.07 bits per heavy atom. The predicted octanol–water partition coefficient (Wildman–Crippen LogP) is 3.46. The lowest BCUT2D eigenvalue weighted by molar-refractivity contribution is -0.385. The van der Waals surface area contributed by atoms with Crippen LogP contribution in [0.2, 0.25) is 0 Å². The molecule has 1 amide bonds. The first-order valence-corrected chi connectivity index (χ1v) is 9.79. The molecule has 0 aromatic heterocycles. The highest BCUT2D eigenvalue weighted by atomic mass is 16.6. The number of hydrogen-bond donors (Lipinski definition) is 1. The highest BCUT2D eigenvalue weighted by Crippen LogP contribution is 2.25. The van der Waals surface area contributed by atoms with Crippen molar-refractivity contribution in [2.24, 2.45) is 0 Å². The molecule has 0 spiro atoms. The summed E-state index contributed by atoms with van der Waals surface area (Å²) in [5.74, 6) is 0.268. The number of aliphatic hydroxyl groups excluding tert-OH is 1. The number of amides is 1. The van der Waals surface area contributed by atoms with Crippen LogP contribution in [0.4, 0.5) is 5.69 Å². The van der Waals surface area contributed by atoms with Gasteiger partial charge >= 0.3 is 0 Å². The van der Waals surface area contributed by atoms with Gasteiger partial charge in [-0.15, -0.1) is 0 Å². The van der Waals surface area contributed by atoms with Crippen molar-refractivity contribution in [3.05, 3.63) is 33.9 Å². The monoisotopic (exact) mass is 392 g/mol. The number of hydrogen-bond acceptors (Lipinski definition) is 6. The van der Waals surface area contributed by atoms with Gasteiger partial charge in [-0.3, -0.25) is 19.7 Å². The molecule has 0 aliphatic heterocycles. The maximum Gasteiger partial charge on any atom is 0.283 e. The van der Waals surface area contributed by atoms with Gasteiger partial charge in [-0.05, 0) is 44.7 Å². The highest BCUT2D eigenvalue weighted by molar-refractivity contribution is 5.81. The van der Waals surface area contributed by atoms with Crippen LogP contribution in [-0.2, 0) is 4.79 Å². The Bertz CT molecular complexity index is 685. The van der Waals surface area contributed by atoms with E-state index in [9.17, 15) is 24.8 Å². The number of nitrogens with zero attached hydrogens (tertiary/aromatic N) is 2. The summed E-state index contributed by atoms with van der Waals surface area (Å²) in [5, 5.41) is 21.0. The summed E-state index contributed by atoms with van der Waals surface area (Å²) in [5.41, 5.74) is -0.286. The predicted molar refractivity (Wildman–Crippen MR) is 103 cm³/mol. The summed E-state index contributed by atoms with van der Waals surface area (Å²) in [4.78, 5) is 35.3. The third-order valence-corrected chi connectivity index (χ3v) is 5.04. The quantitative estimate of drug-likeness (QED) is 0.215. The van der Waals surface area contributed by atoms with Gasteiger partial charge in [-0.2, -0.15) is 0 Å². The molecule has 8 heteroatoms. The number of rotatable bonds is 10. The first-order chi connectivity index (χ1) is 13.4. The summed E-state index contributed by atoms with van der Waals surface area (Å²) in [7, 11) is 0. The molecule has 0 bridgehead atoms. The number of benzene rings is 1. The molecule has 8 nitrogen and oxygen atoms in total. The standard InChI is InChI=1S/C20H28N2O6/c1-15(24)21(17-7-3-2-4-8-17)20(25)9-5-6-12-28-18-11-10-16(14-23)19(13-18)22(26)27/h10-11,13-15,17,24H,2-9,12H2,1H3. The van der Waals surface area contributed by atoms with Crippen LogP contribution in [0.1, 0.15) is 68.6 Å². The zero-order chi connectivity index (χ0) is 20.5. The van der Waals surface area contributed by atoms with Crippen molar-refractivity contribution in [3.63, 3.8) is 0 Å².